The van der Waals surface area contributed by atoms with Gasteiger partial charge >= 0.3 is 0 Å². The molecule has 0 unspecified atom stereocenters. The Labute approximate surface area is 333 Å². The van der Waals surface area contributed by atoms with Gasteiger partial charge in [-0.1, -0.05) is 109 Å². The van der Waals surface area contributed by atoms with Gasteiger partial charge in [0.15, 0.2) is 17.5 Å². The van der Waals surface area contributed by atoms with E-state index in [0.29, 0.717) is 23.1 Å². The molecule has 0 spiro atoms. The number of benzene rings is 8. The standard InChI is InChI=1S/C51H28N4O2S/c1-2-12-29(13-3-1)49-52-50(54-51(53-49)39-20-10-17-36-34-16-6-9-23-44(34)58-48(36)39)38-19-11-18-37-45-42(56-46(37)38)27-26-35-33-25-24-30(28-43(33)57-47(35)45)55-40-21-7-4-14-31(40)32-15-5-8-22-41(32)55/h1-28H. The summed E-state index contributed by atoms with van der Waals surface area (Å²) in [6.07, 6.45) is 0. The van der Waals surface area contributed by atoms with E-state index in [0.717, 1.165) is 76.4 Å². The molecule has 0 aliphatic heterocycles. The lowest BCUT2D eigenvalue weighted by Crippen LogP contribution is -2.00. The number of hydrogen-bond donors (Lipinski definition) is 0. The van der Waals surface area contributed by atoms with E-state index >= 15 is 0 Å². The number of furan rings is 2. The number of aromatic nitrogens is 4. The zero-order valence-corrected chi connectivity index (χ0v) is 31.5. The molecular weight excluding hydrogens is 733 g/mol. The fourth-order valence-electron chi connectivity index (χ4n) is 8.88. The Morgan fingerprint density at radius 1 is 0.414 bits per heavy atom. The van der Waals surface area contributed by atoms with Crippen LogP contribution in [0.2, 0.25) is 0 Å². The molecule has 13 rings (SSSR count). The van der Waals surface area contributed by atoms with Gasteiger partial charge in [-0.2, -0.15) is 0 Å². The molecule has 5 heterocycles. The van der Waals surface area contributed by atoms with Crippen LogP contribution >= 0.6 is 11.3 Å². The minimum atomic E-state index is 0.545. The third-order valence-corrected chi connectivity index (χ3v) is 12.7. The van der Waals surface area contributed by atoms with Crippen LogP contribution in [0.3, 0.4) is 0 Å². The summed E-state index contributed by atoms with van der Waals surface area (Å²) in [5.41, 5.74) is 9.09. The smallest absolute Gasteiger partial charge is 0.167 e. The molecule has 5 aromatic heterocycles. The van der Waals surface area contributed by atoms with Crippen LogP contribution in [0.25, 0.3) is 126 Å². The van der Waals surface area contributed by atoms with Gasteiger partial charge in [0.25, 0.3) is 0 Å². The van der Waals surface area contributed by atoms with Gasteiger partial charge in [-0.25, -0.2) is 15.0 Å². The van der Waals surface area contributed by atoms with Crippen molar-refractivity contribution in [3.05, 3.63) is 170 Å². The first-order valence-electron chi connectivity index (χ1n) is 19.3. The molecule has 270 valence electrons. The fourth-order valence-corrected chi connectivity index (χ4v) is 10.1. The Morgan fingerprint density at radius 2 is 1.03 bits per heavy atom. The molecule has 0 N–H and O–H groups in total. The molecular formula is C51H28N4O2S. The van der Waals surface area contributed by atoms with Crippen molar-refractivity contribution in [2.75, 3.05) is 0 Å². The van der Waals surface area contributed by atoms with Crippen LogP contribution in [0.5, 0.6) is 0 Å². The average Bonchev–Trinajstić information content (AvgIpc) is 4.05. The number of fused-ring (bicyclic) bond motifs is 13. The molecule has 0 aliphatic carbocycles. The monoisotopic (exact) mass is 760 g/mol. The highest BCUT2D eigenvalue weighted by molar-refractivity contribution is 7.26. The molecule has 0 aliphatic rings. The maximum Gasteiger partial charge on any atom is 0.167 e. The summed E-state index contributed by atoms with van der Waals surface area (Å²) in [6.45, 7) is 0. The van der Waals surface area contributed by atoms with Crippen LogP contribution in [0.15, 0.2) is 179 Å². The first-order chi connectivity index (χ1) is 28.7. The quantitative estimate of drug-likeness (QED) is 0.179. The highest BCUT2D eigenvalue weighted by Gasteiger charge is 2.22. The van der Waals surface area contributed by atoms with E-state index in [9.17, 15) is 0 Å². The van der Waals surface area contributed by atoms with Crippen molar-refractivity contribution >= 4 is 97.2 Å². The number of thiophene rings is 1. The second kappa shape index (κ2) is 11.9. The second-order valence-electron chi connectivity index (χ2n) is 14.7. The number of nitrogens with zero attached hydrogens (tertiary/aromatic N) is 4. The molecule has 13 aromatic rings. The number of hydrogen-bond acceptors (Lipinski definition) is 6. The molecule has 0 saturated heterocycles. The van der Waals surface area contributed by atoms with Crippen LogP contribution < -0.4 is 0 Å². The SMILES string of the molecule is c1ccc(-c2nc(-c3cccc4c3oc3ccc5c6ccc(-n7c8ccccc8c8ccccc87)cc6oc5c34)nc(-c3cccc4c3sc3ccccc34)n2)cc1. The summed E-state index contributed by atoms with van der Waals surface area (Å²) in [4.78, 5) is 15.4. The van der Waals surface area contributed by atoms with Crippen LogP contribution in [0.1, 0.15) is 0 Å². The van der Waals surface area contributed by atoms with Gasteiger partial charge in [0.05, 0.1) is 22.0 Å². The fraction of sp³-hybridized carbons (Fsp3) is 0. The summed E-state index contributed by atoms with van der Waals surface area (Å²) >= 11 is 1.76. The van der Waals surface area contributed by atoms with E-state index in [1.54, 1.807) is 11.3 Å². The van der Waals surface area contributed by atoms with Gasteiger partial charge in [-0.3, -0.25) is 0 Å². The third-order valence-electron chi connectivity index (χ3n) is 11.5. The van der Waals surface area contributed by atoms with E-state index in [4.69, 9.17) is 23.8 Å². The van der Waals surface area contributed by atoms with Gasteiger partial charge in [-0.05, 0) is 54.6 Å². The molecule has 0 atom stereocenters. The normalized spacial score (nSPS) is 12.1. The minimum absolute atomic E-state index is 0.545. The molecule has 6 nitrogen and oxygen atoms in total. The molecule has 0 saturated carbocycles. The van der Waals surface area contributed by atoms with Gasteiger partial charge in [0, 0.05) is 70.0 Å². The van der Waals surface area contributed by atoms with Gasteiger partial charge in [-0.15, -0.1) is 11.3 Å². The predicted molar refractivity (Wildman–Crippen MR) is 238 cm³/mol. The van der Waals surface area contributed by atoms with Crippen molar-refractivity contribution in [1.29, 1.82) is 0 Å². The molecule has 0 bridgehead atoms. The summed E-state index contributed by atoms with van der Waals surface area (Å²) in [5, 5.41) is 8.83. The van der Waals surface area contributed by atoms with E-state index in [1.165, 1.54) is 26.2 Å². The molecule has 0 amide bonds. The Hall–Kier alpha value is -7.61. The van der Waals surface area contributed by atoms with E-state index in [2.05, 4.69) is 126 Å². The van der Waals surface area contributed by atoms with Crippen molar-refractivity contribution in [3.63, 3.8) is 0 Å². The molecule has 7 heteroatoms. The number of para-hydroxylation sites is 3. The minimum Gasteiger partial charge on any atom is -0.455 e. The zero-order valence-electron chi connectivity index (χ0n) is 30.7. The Balaban J connectivity index is 1.02. The predicted octanol–water partition coefficient (Wildman–Crippen LogP) is 14.1. The Morgan fingerprint density at radius 3 is 1.84 bits per heavy atom. The molecule has 0 fully saturated rings. The maximum absolute atomic E-state index is 6.85. The zero-order chi connectivity index (χ0) is 37.9. The van der Waals surface area contributed by atoms with Crippen LogP contribution in [-0.4, -0.2) is 19.5 Å². The van der Waals surface area contributed by atoms with Gasteiger partial charge in [0.2, 0.25) is 0 Å². The van der Waals surface area contributed by atoms with Crippen molar-refractivity contribution in [1.82, 2.24) is 19.5 Å². The first-order valence-corrected chi connectivity index (χ1v) is 20.1. The van der Waals surface area contributed by atoms with E-state index in [-0.39, 0.29) is 0 Å². The summed E-state index contributed by atoms with van der Waals surface area (Å²) in [6, 6.07) is 59.0. The summed E-state index contributed by atoms with van der Waals surface area (Å²) in [5.74, 6) is 1.77. The lowest BCUT2D eigenvalue weighted by atomic mass is 10.1. The second-order valence-corrected chi connectivity index (χ2v) is 15.8. The average molecular weight is 761 g/mol. The highest BCUT2D eigenvalue weighted by atomic mass is 32.1. The van der Waals surface area contributed by atoms with Crippen LogP contribution in [0.4, 0.5) is 0 Å². The van der Waals surface area contributed by atoms with E-state index < -0.39 is 0 Å². The first kappa shape index (κ1) is 31.6. The molecule has 0 radical (unpaired) electrons. The van der Waals surface area contributed by atoms with Crippen molar-refractivity contribution < 1.29 is 8.83 Å². The number of rotatable bonds is 4. The Bertz CT molecular complexity index is 3760. The van der Waals surface area contributed by atoms with Crippen molar-refractivity contribution in [2.45, 2.75) is 0 Å². The van der Waals surface area contributed by atoms with Crippen LogP contribution in [0, 0.1) is 0 Å². The van der Waals surface area contributed by atoms with Crippen molar-refractivity contribution in [3.8, 4) is 39.9 Å². The highest BCUT2D eigenvalue weighted by Crippen LogP contribution is 2.44. The van der Waals surface area contributed by atoms with Crippen molar-refractivity contribution in [2.24, 2.45) is 0 Å². The largest absolute Gasteiger partial charge is 0.455 e. The Kier molecular flexibility index (Phi) is 6.50. The molecule has 58 heavy (non-hydrogen) atoms. The lowest BCUT2D eigenvalue weighted by Gasteiger charge is -2.09. The topological polar surface area (TPSA) is 69.9 Å². The third kappa shape index (κ3) is 4.50. The van der Waals surface area contributed by atoms with Crippen LogP contribution in [-0.2, 0) is 0 Å². The van der Waals surface area contributed by atoms with Gasteiger partial charge in [0.1, 0.15) is 22.3 Å². The molecule has 8 aromatic carbocycles. The van der Waals surface area contributed by atoms with Gasteiger partial charge < -0.3 is 13.4 Å². The maximum atomic E-state index is 6.85. The summed E-state index contributed by atoms with van der Waals surface area (Å²) < 4.78 is 18.3. The van der Waals surface area contributed by atoms with E-state index in [1.807, 2.05) is 48.5 Å². The lowest BCUT2D eigenvalue weighted by molar-refractivity contribution is 0.663. The summed E-state index contributed by atoms with van der Waals surface area (Å²) in [7, 11) is 0.